The molecule has 7 heteroatoms. The van der Waals surface area contributed by atoms with Crippen LogP contribution in [0.4, 0.5) is 5.69 Å². The van der Waals surface area contributed by atoms with Crippen LogP contribution in [0.25, 0.3) is 0 Å². The van der Waals surface area contributed by atoms with Crippen molar-refractivity contribution in [3.05, 3.63) is 55.2 Å². The second kappa shape index (κ2) is 5.57. The maximum Gasteiger partial charge on any atom is 0.333 e. The molecule has 1 aromatic heterocycles. The normalized spacial score (nSPS) is 11.2. The maximum absolute atomic E-state index is 12.0. The van der Waals surface area contributed by atoms with Crippen molar-refractivity contribution in [2.24, 2.45) is 19.1 Å². The number of rotatable bonds is 2. The number of aryl methyl sites for hydroxylation is 1. The fourth-order valence-electron chi connectivity index (χ4n) is 1.77. The van der Waals surface area contributed by atoms with Gasteiger partial charge in [-0.25, -0.2) is 4.79 Å². The maximum atomic E-state index is 12.0. The summed E-state index contributed by atoms with van der Waals surface area (Å²) in [5, 5.41) is 10.5. The summed E-state index contributed by atoms with van der Waals surface area (Å²) in [4.78, 5) is 27.7. The molecule has 0 radical (unpaired) electrons. The lowest BCUT2D eigenvalue weighted by Gasteiger charge is -2.07. The predicted molar refractivity (Wildman–Crippen MR) is 82.0 cm³/mol. The summed E-state index contributed by atoms with van der Waals surface area (Å²) in [5.74, 6) is -0.426. The molecule has 6 nitrogen and oxygen atoms in total. The zero-order valence-electron chi connectivity index (χ0n) is 11.8. The topological polar surface area (TPSA) is 76.6 Å². The van der Waals surface area contributed by atoms with E-state index in [1.165, 1.54) is 20.3 Å². The minimum atomic E-state index is -0.613. The van der Waals surface area contributed by atoms with Crippen molar-refractivity contribution >= 4 is 23.5 Å². The molecule has 21 heavy (non-hydrogen) atoms. The Balaban J connectivity index is 2.54. The molecule has 110 valence electrons. The minimum Gasteiger partial charge on any atom is -0.494 e. The van der Waals surface area contributed by atoms with E-state index in [0.717, 1.165) is 14.7 Å². The monoisotopic (exact) mass is 307 g/mol. The molecule has 0 saturated carbocycles. The van der Waals surface area contributed by atoms with Crippen LogP contribution in [0.15, 0.2) is 32.8 Å². The van der Waals surface area contributed by atoms with Crippen LogP contribution in [-0.4, -0.2) is 20.5 Å². The number of halogens is 1. The van der Waals surface area contributed by atoms with Crippen LogP contribution in [0.3, 0.4) is 0 Å². The van der Waals surface area contributed by atoms with E-state index < -0.39 is 17.1 Å². The largest absolute Gasteiger partial charge is 0.494 e. The van der Waals surface area contributed by atoms with Crippen LogP contribution >= 0.6 is 11.6 Å². The Morgan fingerprint density at radius 2 is 1.90 bits per heavy atom. The van der Waals surface area contributed by atoms with Crippen LogP contribution in [0.1, 0.15) is 11.1 Å². The first kappa shape index (κ1) is 15.1. The van der Waals surface area contributed by atoms with Crippen LogP contribution in [0.2, 0.25) is 5.02 Å². The lowest BCUT2D eigenvalue weighted by Crippen LogP contribution is -2.38. The third-order valence-corrected chi connectivity index (χ3v) is 3.57. The van der Waals surface area contributed by atoms with Gasteiger partial charge in [0.25, 0.3) is 5.56 Å². The minimum absolute atomic E-state index is 0.0590. The highest BCUT2D eigenvalue weighted by atomic mass is 35.5. The summed E-state index contributed by atoms with van der Waals surface area (Å²) >= 11 is 5.99. The van der Waals surface area contributed by atoms with E-state index in [4.69, 9.17) is 11.6 Å². The lowest BCUT2D eigenvalue weighted by molar-refractivity contribution is 0.410. The molecule has 1 N–H and O–H groups in total. The second-order valence-corrected chi connectivity index (χ2v) is 5.04. The number of nitrogens with zero attached hydrogens (tertiary/aromatic N) is 3. The smallest absolute Gasteiger partial charge is 0.333 e. The molecular weight excluding hydrogens is 294 g/mol. The van der Waals surface area contributed by atoms with E-state index in [9.17, 15) is 14.7 Å². The fraction of sp³-hybridized carbons (Fsp3) is 0.214. The molecule has 1 aromatic carbocycles. The third-order valence-electron chi connectivity index (χ3n) is 3.17. The Labute approximate surface area is 125 Å². The Bertz CT molecular complexity index is 850. The van der Waals surface area contributed by atoms with Gasteiger partial charge in [-0.2, -0.15) is 0 Å². The van der Waals surface area contributed by atoms with Crippen molar-refractivity contribution in [1.29, 1.82) is 0 Å². The molecule has 0 aliphatic heterocycles. The standard InChI is InChI=1S/C14H14ClN3O3/c1-8-4-5-9(6-11(8)15)16-7-10-12(19)17(2)14(21)18(3)13(10)20/h4-7,19H,1-3H3. The highest BCUT2D eigenvalue weighted by Crippen LogP contribution is 2.22. The zero-order valence-corrected chi connectivity index (χ0v) is 12.5. The van der Waals surface area contributed by atoms with Gasteiger partial charge in [0.1, 0.15) is 5.56 Å². The van der Waals surface area contributed by atoms with E-state index in [1.807, 2.05) is 6.92 Å². The summed E-state index contributed by atoms with van der Waals surface area (Å²) < 4.78 is 1.88. The van der Waals surface area contributed by atoms with E-state index in [-0.39, 0.29) is 5.56 Å². The first-order valence-corrected chi connectivity index (χ1v) is 6.50. The Morgan fingerprint density at radius 3 is 2.52 bits per heavy atom. The average Bonchev–Trinajstić information content (AvgIpc) is 2.46. The molecule has 0 saturated heterocycles. The molecule has 0 bridgehead atoms. The quantitative estimate of drug-likeness (QED) is 0.854. The molecule has 2 rings (SSSR count). The molecule has 0 aliphatic carbocycles. The van der Waals surface area contributed by atoms with Crippen LogP contribution in [0.5, 0.6) is 5.88 Å². The summed E-state index contributed by atoms with van der Waals surface area (Å²) in [6.07, 6.45) is 1.22. The lowest BCUT2D eigenvalue weighted by atomic mass is 10.2. The summed E-state index contributed by atoms with van der Waals surface area (Å²) in [6, 6.07) is 5.19. The first-order chi connectivity index (χ1) is 9.82. The number of aromatic hydroxyl groups is 1. The first-order valence-electron chi connectivity index (χ1n) is 6.12. The van der Waals surface area contributed by atoms with Crippen molar-refractivity contribution in [3.63, 3.8) is 0 Å². The predicted octanol–water partition coefficient (Wildman–Crippen LogP) is 1.50. The fourth-order valence-corrected chi connectivity index (χ4v) is 1.95. The molecule has 0 fully saturated rings. The molecule has 0 spiro atoms. The van der Waals surface area contributed by atoms with Gasteiger partial charge in [0.15, 0.2) is 0 Å². The van der Waals surface area contributed by atoms with Crippen molar-refractivity contribution in [2.45, 2.75) is 6.92 Å². The summed E-state index contributed by atoms with van der Waals surface area (Å²) in [6.45, 7) is 1.87. The number of hydrogen-bond acceptors (Lipinski definition) is 4. The Hall–Kier alpha value is -2.34. The van der Waals surface area contributed by atoms with Gasteiger partial charge >= 0.3 is 5.69 Å². The second-order valence-electron chi connectivity index (χ2n) is 4.63. The van der Waals surface area contributed by atoms with Gasteiger partial charge in [0.2, 0.25) is 5.88 Å². The van der Waals surface area contributed by atoms with Gasteiger partial charge in [-0.1, -0.05) is 17.7 Å². The van der Waals surface area contributed by atoms with Gasteiger partial charge in [0, 0.05) is 25.3 Å². The van der Waals surface area contributed by atoms with Crippen LogP contribution in [-0.2, 0) is 14.1 Å². The molecule has 0 amide bonds. The Morgan fingerprint density at radius 1 is 1.24 bits per heavy atom. The van der Waals surface area contributed by atoms with Gasteiger partial charge in [-0.15, -0.1) is 0 Å². The molecule has 2 aromatic rings. The highest BCUT2D eigenvalue weighted by molar-refractivity contribution is 6.31. The van der Waals surface area contributed by atoms with E-state index in [1.54, 1.807) is 18.2 Å². The molecule has 1 heterocycles. The zero-order chi connectivity index (χ0) is 15.7. The van der Waals surface area contributed by atoms with Crippen molar-refractivity contribution in [3.8, 4) is 5.88 Å². The average molecular weight is 308 g/mol. The molecular formula is C14H14ClN3O3. The number of aliphatic imine (C=N–C) groups is 1. The van der Waals surface area contributed by atoms with Gasteiger partial charge in [-0.05, 0) is 24.6 Å². The van der Waals surface area contributed by atoms with Crippen molar-refractivity contribution in [2.75, 3.05) is 0 Å². The summed E-state index contributed by atoms with van der Waals surface area (Å²) in [7, 11) is 2.71. The van der Waals surface area contributed by atoms with Gasteiger partial charge in [-0.3, -0.25) is 18.9 Å². The van der Waals surface area contributed by atoms with Gasteiger partial charge in [0.05, 0.1) is 5.69 Å². The van der Waals surface area contributed by atoms with Crippen molar-refractivity contribution in [1.82, 2.24) is 9.13 Å². The summed E-state index contributed by atoms with van der Waals surface area (Å²) in [5.41, 5.74) is 0.180. The highest BCUT2D eigenvalue weighted by Gasteiger charge is 2.12. The molecule has 0 unspecified atom stereocenters. The molecule has 0 aliphatic rings. The third kappa shape index (κ3) is 2.75. The number of aromatic nitrogens is 2. The SMILES string of the molecule is Cc1ccc(N=Cc2c(O)n(C)c(=O)n(C)c2=O)cc1Cl. The number of benzene rings is 1. The Kier molecular flexibility index (Phi) is 3.99. The van der Waals surface area contributed by atoms with E-state index in [0.29, 0.717) is 10.7 Å². The van der Waals surface area contributed by atoms with Crippen LogP contribution < -0.4 is 11.2 Å². The number of hydrogen-bond donors (Lipinski definition) is 1. The van der Waals surface area contributed by atoms with E-state index in [2.05, 4.69) is 4.99 Å². The van der Waals surface area contributed by atoms with E-state index >= 15 is 0 Å². The molecule has 0 atom stereocenters. The van der Waals surface area contributed by atoms with Crippen molar-refractivity contribution < 1.29 is 5.11 Å². The van der Waals surface area contributed by atoms with Crippen LogP contribution in [0, 0.1) is 6.92 Å². The van der Waals surface area contributed by atoms with Gasteiger partial charge < -0.3 is 5.11 Å².